The minimum absolute atomic E-state index is 0.698. The van der Waals surface area contributed by atoms with E-state index >= 15 is 0 Å². The number of hydrogen-bond acceptors (Lipinski definition) is 4. The molecule has 2 fully saturated rings. The second-order valence-corrected chi connectivity index (χ2v) is 7.64. The lowest BCUT2D eigenvalue weighted by Gasteiger charge is -2.17. The Morgan fingerprint density at radius 3 is 1.85 bits per heavy atom. The zero-order valence-electron chi connectivity index (χ0n) is 18.8. The van der Waals surface area contributed by atoms with E-state index in [0.29, 0.717) is 5.92 Å². The Kier molecular flexibility index (Phi) is 10.6. The van der Waals surface area contributed by atoms with Crippen LogP contribution in [-0.4, -0.2) is 33.7 Å². The highest BCUT2D eigenvalue weighted by atomic mass is 15.8. The van der Waals surface area contributed by atoms with Crippen LogP contribution in [0, 0.1) is 5.92 Å². The van der Waals surface area contributed by atoms with Crippen LogP contribution in [0.2, 0.25) is 0 Å². The van der Waals surface area contributed by atoms with Crippen molar-refractivity contribution in [3.05, 3.63) is 23.8 Å². The first-order valence-electron chi connectivity index (χ1n) is 11.0. The first kappa shape index (κ1) is 23.6. The van der Waals surface area contributed by atoms with Crippen LogP contribution in [-0.2, 0) is 7.05 Å². The summed E-state index contributed by atoms with van der Waals surface area (Å²) in [6.45, 7) is 8.00. The minimum Gasteiger partial charge on any atom is -0.276 e. The van der Waals surface area contributed by atoms with Crippen molar-refractivity contribution < 1.29 is 4.59 Å². The van der Waals surface area contributed by atoms with E-state index in [2.05, 4.69) is 41.6 Å². The van der Waals surface area contributed by atoms with Crippen LogP contribution in [0.15, 0.2) is 18.1 Å². The molecule has 6 heteroatoms. The molecule has 0 bridgehead atoms. The van der Waals surface area contributed by atoms with Gasteiger partial charge in [0, 0.05) is 25.1 Å². The molecule has 156 valence electrons. The van der Waals surface area contributed by atoms with Gasteiger partial charge in [-0.05, 0) is 25.7 Å². The van der Waals surface area contributed by atoms with Gasteiger partial charge in [-0.3, -0.25) is 10.1 Å². The molecule has 1 aromatic heterocycles. The smallest absolute Gasteiger partial charge is 0.137 e. The molecule has 4 rings (SSSR count). The highest BCUT2D eigenvalue weighted by molar-refractivity contribution is 5.04. The van der Waals surface area contributed by atoms with Gasteiger partial charge in [0.15, 0.2) is 0 Å². The summed E-state index contributed by atoms with van der Waals surface area (Å²) in [7, 11) is 6.19. The van der Waals surface area contributed by atoms with Crippen LogP contribution in [0.4, 0.5) is 0 Å². The molecule has 2 aliphatic carbocycles. The number of rotatable bonds is 2. The molecule has 2 heterocycles. The number of nitrogens with one attached hydrogen (secondary N) is 2. The number of aryl methyl sites for hydroxylation is 1. The van der Waals surface area contributed by atoms with Crippen LogP contribution in [0.25, 0.3) is 0 Å². The van der Waals surface area contributed by atoms with Crippen molar-refractivity contribution in [2.75, 3.05) is 14.1 Å². The zero-order valence-corrected chi connectivity index (χ0v) is 18.8. The van der Waals surface area contributed by atoms with Gasteiger partial charge in [0.05, 0.1) is 25.5 Å². The van der Waals surface area contributed by atoms with Crippen molar-refractivity contribution >= 4 is 0 Å². The van der Waals surface area contributed by atoms with Crippen molar-refractivity contribution in [2.24, 2.45) is 13.0 Å². The third-order valence-electron chi connectivity index (χ3n) is 5.14. The van der Waals surface area contributed by atoms with E-state index in [-0.39, 0.29) is 0 Å². The largest absolute Gasteiger partial charge is 0.276 e. The highest BCUT2D eigenvalue weighted by Gasteiger charge is 2.29. The number of aromatic nitrogens is 3. The first-order chi connectivity index (χ1) is 13.0. The third-order valence-corrected chi connectivity index (χ3v) is 5.14. The maximum Gasteiger partial charge on any atom is 0.137 e. The molecule has 1 aromatic rings. The Morgan fingerprint density at radius 1 is 0.926 bits per heavy atom. The number of hydrazine groups is 1. The molecule has 0 unspecified atom stereocenters. The van der Waals surface area contributed by atoms with Gasteiger partial charge >= 0.3 is 0 Å². The molecule has 0 aromatic carbocycles. The van der Waals surface area contributed by atoms with E-state index in [4.69, 9.17) is 0 Å². The standard InChI is InChI=1S/C9H18N3.C8H13N3.2C2H6/c1-12(2)7-9(10-11-12)8-5-3-4-6-8;1-11-6-8(9-10-11)7-4-2-3-5-7;2*1-2/h7-8,10-11H,3-6H2,1-2H3;6-7H,2-5H2,1H3;2*1-2H3/q+1;;;. The van der Waals surface area contributed by atoms with E-state index in [1.165, 1.54) is 62.8 Å². The molecule has 0 spiro atoms. The molecule has 1 aliphatic heterocycles. The number of hydrogen-bond donors (Lipinski definition) is 2. The van der Waals surface area contributed by atoms with E-state index in [1.807, 2.05) is 40.9 Å². The molecule has 2 saturated carbocycles. The fraction of sp³-hybridized carbons (Fsp3) is 0.810. The van der Waals surface area contributed by atoms with Crippen LogP contribution in [0.1, 0.15) is 90.7 Å². The lowest BCUT2D eigenvalue weighted by Crippen LogP contribution is -2.47. The van der Waals surface area contributed by atoms with E-state index in [1.54, 1.807) is 4.68 Å². The van der Waals surface area contributed by atoms with Crippen molar-refractivity contribution in [3.8, 4) is 0 Å². The van der Waals surface area contributed by atoms with Crippen LogP contribution < -0.4 is 11.0 Å². The van der Waals surface area contributed by atoms with E-state index in [9.17, 15) is 0 Å². The topological polar surface area (TPSA) is 54.8 Å². The minimum atomic E-state index is 0.698. The monoisotopic (exact) mass is 379 g/mol. The van der Waals surface area contributed by atoms with Gasteiger partial charge in [-0.2, -0.15) is 0 Å². The van der Waals surface area contributed by atoms with Gasteiger partial charge in [-0.15, -0.1) is 5.10 Å². The Bertz CT molecular complexity index is 537. The second kappa shape index (κ2) is 12.1. The maximum atomic E-state index is 4.11. The quantitative estimate of drug-likeness (QED) is 0.735. The molecule has 0 amide bonds. The normalized spacial score (nSPS) is 21.1. The van der Waals surface area contributed by atoms with Crippen molar-refractivity contribution in [1.82, 2.24) is 26.0 Å². The highest BCUT2D eigenvalue weighted by Crippen LogP contribution is 2.32. The Labute approximate surface area is 166 Å². The van der Waals surface area contributed by atoms with Crippen molar-refractivity contribution in [1.29, 1.82) is 0 Å². The van der Waals surface area contributed by atoms with Crippen molar-refractivity contribution in [2.45, 2.75) is 85.0 Å². The Balaban J connectivity index is 0.000000229. The van der Waals surface area contributed by atoms with Crippen LogP contribution >= 0.6 is 0 Å². The molecule has 0 atom stereocenters. The number of nitrogens with zero attached hydrogens (tertiary/aromatic N) is 4. The van der Waals surface area contributed by atoms with E-state index < -0.39 is 0 Å². The summed E-state index contributed by atoms with van der Waals surface area (Å²) in [5.41, 5.74) is 9.08. The zero-order chi connectivity index (χ0) is 20.3. The number of allylic oxidation sites excluding steroid dienone is 1. The molecule has 0 saturated heterocycles. The molecule has 2 N–H and O–H groups in total. The van der Waals surface area contributed by atoms with Crippen LogP contribution in [0.5, 0.6) is 0 Å². The summed E-state index contributed by atoms with van der Waals surface area (Å²) in [4.78, 5) is 0. The summed E-state index contributed by atoms with van der Waals surface area (Å²) in [5.74, 6) is 1.49. The van der Waals surface area contributed by atoms with Gasteiger partial charge in [0.1, 0.15) is 6.20 Å². The van der Waals surface area contributed by atoms with E-state index in [0.717, 1.165) is 10.5 Å². The summed E-state index contributed by atoms with van der Waals surface area (Å²) in [6.07, 6.45) is 15.2. The van der Waals surface area contributed by atoms with Crippen molar-refractivity contribution in [3.63, 3.8) is 0 Å². The molecule has 6 nitrogen and oxygen atoms in total. The average molecular weight is 380 g/mol. The lowest BCUT2D eigenvalue weighted by atomic mass is 10.1. The predicted molar refractivity (Wildman–Crippen MR) is 113 cm³/mol. The maximum absolute atomic E-state index is 4.11. The van der Waals surface area contributed by atoms with Gasteiger partial charge in [-0.1, -0.05) is 64.1 Å². The molecule has 0 radical (unpaired) electrons. The summed E-state index contributed by atoms with van der Waals surface area (Å²) in [5, 5.41) is 8.04. The molecule has 3 aliphatic rings. The van der Waals surface area contributed by atoms with Gasteiger partial charge in [0.25, 0.3) is 0 Å². The summed E-state index contributed by atoms with van der Waals surface area (Å²) >= 11 is 0. The molecular formula is C21H43N6+. The SMILES string of the molecule is CC.CC.C[N+]1(C)C=C(C2CCCC2)NN1.Cn1cc(C2CCCC2)nn1. The Morgan fingerprint density at radius 2 is 1.44 bits per heavy atom. The summed E-state index contributed by atoms with van der Waals surface area (Å²) < 4.78 is 2.54. The Hall–Kier alpha value is -1.40. The third kappa shape index (κ3) is 7.62. The van der Waals surface area contributed by atoms with Gasteiger partial charge in [-0.25, -0.2) is 4.59 Å². The summed E-state index contributed by atoms with van der Waals surface area (Å²) in [6, 6.07) is 0. The fourth-order valence-corrected chi connectivity index (χ4v) is 3.84. The molecular weight excluding hydrogens is 336 g/mol. The van der Waals surface area contributed by atoms with Crippen LogP contribution in [0.3, 0.4) is 0 Å². The van der Waals surface area contributed by atoms with Gasteiger partial charge in [0.2, 0.25) is 0 Å². The average Bonchev–Trinajstić information content (AvgIpc) is 3.46. The lowest BCUT2D eigenvalue weighted by molar-refractivity contribution is -0.883. The van der Waals surface area contributed by atoms with Gasteiger partial charge < -0.3 is 0 Å². The number of quaternary nitrogens is 1. The fourth-order valence-electron chi connectivity index (χ4n) is 3.84. The molecule has 27 heavy (non-hydrogen) atoms. The second-order valence-electron chi connectivity index (χ2n) is 7.64. The first-order valence-corrected chi connectivity index (χ1v) is 11.0. The predicted octanol–water partition coefficient (Wildman–Crippen LogP) is 4.64.